The van der Waals surface area contributed by atoms with Crippen molar-refractivity contribution in [3.8, 4) is 0 Å². The highest BCUT2D eigenvalue weighted by atomic mass is 16.4. The molecule has 0 radical (unpaired) electrons. The van der Waals surface area contributed by atoms with Crippen LogP contribution in [0.25, 0.3) is 0 Å². The lowest BCUT2D eigenvalue weighted by Crippen LogP contribution is -2.29. The molecule has 0 fully saturated rings. The number of hydrogen-bond donors (Lipinski definition) is 1. The Morgan fingerprint density at radius 1 is 1.19 bits per heavy atom. The van der Waals surface area contributed by atoms with E-state index in [0.29, 0.717) is 12.1 Å². The second-order valence-electron chi connectivity index (χ2n) is 4.57. The van der Waals surface area contributed by atoms with Gasteiger partial charge in [0, 0.05) is 32.2 Å². The minimum atomic E-state index is -1.11. The molecule has 0 saturated carbocycles. The van der Waals surface area contributed by atoms with E-state index in [2.05, 4.69) is 9.97 Å². The second kappa shape index (κ2) is 6.60. The van der Waals surface area contributed by atoms with Crippen molar-refractivity contribution in [2.75, 3.05) is 13.6 Å². The van der Waals surface area contributed by atoms with E-state index in [1.807, 2.05) is 12.1 Å². The van der Waals surface area contributed by atoms with Crippen LogP contribution in [0.5, 0.6) is 0 Å². The number of nitrogens with zero attached hydrogens (tertiary/aromatic N) is 3. The number of amides is 1. The zero-order valence-corrected chi connectivity index (χ0v) is 11.6. The topological polar surface area (TPSA) is 83.4 Å². The van der Waals surface area contributed by atoms with Crippen LogP contribution in [0, 0.1) is 0 Å². The second-order valence-corrected chi connectivity index (χ2v) is 4.57. The van der Waals surface area contributed by atoms with Crippen molar-refractivity contribution in [2.45, 2.75) is 6.42 Å². The van der Waals surface area contributed by atoms with Crippen LogP contribution in [0.1, 0.15) is 26.4 Å². The van der Waals surface area contributed by atoms with Gasteiger partial charge in [0.2, 0.25) is 0 Å². The average molecular weight is 285 g/mol. The molecular formula is C15H15N3O3. The molecular weight excluding hydrogens is 270 g/mol. The van der Waals surface area contributed by atoms with Crippen molar-refractivity contribution >= 4 is 11.9 Å². The van der Waals surface area contributed by atoms with E-state index in [0.717, 1.165) is 12.0 Å². The number of hydrogen-bond acceptors (Lipinski definition) is 4. The van der Waals surface area contributed by atoms with Gasteiger partial charge in [0.05, 0.1) is 5.56 Å². The SMILES string of the molecule is CN(CCc1ccncc1)C(=O)c1ccc(C(=O)O)nc1. The minimum absolute atomic E-state index is 0.0778. The summed E-state index contributed by atoms with van der Waals surface area (Å²) in [5.74, 6) is -1.30. The zero-order valence-electron chi connectivity index (χ0n) is 11.6. The molecule has 0 aromatic carbocycles. The Labute approximate surface area is 122 Å². The molecule has 0 bridgehead atoms. The maximum absolute atomic E-state index is 12.2. The molecule has 0 unspecified atom stereocenters. The third kappa shape index (κ3) is 3.85. The van der Waals surface area contributed by atoms with E-state index in [1.54, 1.807) is 24.3 Å². The first-order chi connectivity index (χ1) is 10.1. The number of carbonyl (C=O) groups excluding carboxylic acids is 1. The fourth-order valence-corrected chi connectivity index (χ4v) is 1.82. The molecule has 1 N–H and O–H groups in total. The van der Waals surface area contributed by atoms with Gasteiger partial charge in [0.1, 0.15) is 5.69 Å². The molecule has 6 nitrogen and oxygen atoms in total. The van der Waals surface area contributed by atoms with Gasteiger partial charge in [0.15, 0.2) is 0 Å². The number of aromatic nitrogens is 2. The van der Waals surface area contributed by atoms with Crippen LogP contribution in [-0.2, 0) is 6.42 Å². The highest BCUT2D eigenvalue weighted by Gasteiger charge is 2.13. The summed E-state index contributed by atoms with van der Waals surface area (Å²) in [6.45, 7) is 0.559. The Bertz CT molecular complexity index is 626. The van der Waals surface area contributed by atoms with Crippen molar-refractivity contribution in [2.24, 2.45) is 0 Å². The van der Waals surface area contributed by atoms with Crippen molar-refractivity contribution in [1.29, 1.82) is 0 Å². The largest absolute Gasteiger partial charge is 0.477 e. The van der Waals surface area contributed by atoms with E-state index in [9.17, 15) is 9.59 Å². The highest BCUT2D eigenvalue weighted by Crippen LogP contribution is 2.06. The van der Waals surface area contributed by atoms with Gasteiger partial charge >= 0.3 is 5.97 Å². The van der Waals surface area contributed by atoms with Crippen LogP contribution >= 0.6 is 0 Å². The quantitative estimate of drug-likeness (QED) is 0.899. The lowest BCUT2D eigenvalue weighted by atomic mass is 10.2. The van der Waals surface area contributed by atoms with Crippen LogP contribution < -0.4 is 0 Å². The number of carboxylic acid groups (broad SMARTS) is 1. The first-order valence-electron chi connectivity index (χ1n) is 6.41. The first kappa shape index (κ1) is 14.6. The van der Waals surface area contributed by atoms with Crippen LogP contribution in [0.2, 0.25) is 0 Å². The molecule has 0 aliphatic carbocycles. The molecule has 2 aromatic heterocycles. The summed E-state index contributed by atoms with van der Waals surface area (Å²) in [7, 11) is 1.70. The molecule has 2 rings (SSSR count). The number of likely N-dealkylation sites (N-methyl/N-ethyl adjacent to an activating group) is 1. The molecule has 6 heteroatoms. The number of carboxylic acids is 1. The average Bonchev–Trinajstić information content (AvgIpc) is 2.53. The van der Waals surface area contributed by atoms with E-state index < -0.39 is 5.97 Å². The van der Waals surface area contributed by atoms with E-state index in [1.165, 1.54) is 18.3 Å². The fourth-order valence-electron chi connectivity index (χ4n) is 1.82. The maximum Gasteiger partial charge on any atom is 0.354 e. The molecule has 1 amide bonds. The van der Waals surface area contributed by atoms with E-state index >= 15 is 0 Å². The van der Waals surface area contributed by atoms with Crippen molar-refractivity contribution in [3.05, 3.63) is 59.7 Å². The Kier molecular flexibility index (Phi) is 4.61. The molecule has 0 spiro atoms. The van der Waals surface area contributed by atoms with Crippen molar-refractivity contribution in [1.82, 2.24) is 14.9 Å². The molecule has 0 atom stereocenters. The summed E-state index contributed by atoms with van der Waals surface area (Å²) >= 11 is 0. The van der Waals surface area contributed by atoms with Gasteiger partial charge in [-0.05, 0) is 36.2 Å². The van der Waals surface area contributed by atoms with E-state index in [4.69, 9.17) is 5.11 Å². The summed E-state index contributed by atoms with van der Waals surface area (Å²) in [6, 6.07) is 6.61. The van der Waals surface area contributed by atoms with Crippen LogP contribution in [-0.4, -0.2) is 45.4 Å². The molecule has 0 aliphatic heterocycles. The Morgan fingerprint density at radius 2 is 1.90 bits per heavy atom. The number of aromatic carboxylic acids is 1. The number of carbonyl (C=O) groups is 2. The van der Waals surface area contributed by atoms with Crippen LogP contribution in [0.4, 0.5) is 0 Å². The zero-order chi connectivity index (χ0) is 15.2. The molecule has 0 saturated heterocycles. The van der Waals surface area contributed by atoms with Gasteiger partial charge in [-0.3, -0.25) is 9.78 Å². The molecule has 0 aliphatic rings. The molecule has 2 aromatic rings. The standard InChI is InChI=1S/C15H15N3O3/c1-18(9-6-11-4-7-16-8-5-11)14(19)12-2-3-13(15(20)21)17-10-12/h2-5,7-8,10H,6,9H2,1H3,(H,20,21). The third-order valence-electron chi connectivity index (χ3n) is 3.06. The highest BCUT2D eigenvalue weighted by molar-refractivity contribution is 5.94. The Morgan fingerprint density at radius 3 is 2.48 bits per heavy atom. The fraction of sp³-hybridized carbons (Fsp3) is 0.200. The molecule has 108 valence electrons. The normalized spacial score (nSPS) is 10.1. The predicted octanol–water partition coefficient (Wildman–Crippen LogP) is 1.49. The number of pyridine rings is 2. The van der Waals surface area contributed by atoms with E-state index in [-0.39, 0.29) is 11.6 Å². The first-order valence-corrected chi connectivity index (χ1v) is 6.41. The van der Waals surface area contributed by atoms with Crippen LogP contribution in [0.15, 0.2) is 42.9 Å². The third-order valence-corrected chi connectivity index (χ3v) is 3.06. The monoisotopic (exact) mass is 285 g/mol. The molecule has 21 heavy (non-hydrogen) atoms. The number of rotatable bonds is 5. The predicted molar refractivity (Wildman–Crippen MR) is 76.1 cm³/mol. The Balaban J connectivity index is 1.97. The van der Waals surface area contributed by atoms with Gasteiger partial charge in [-0.2, -0.15) is 0 Å². The summed E-state index contributed by atoms with van der Waals surface area (Å²) in [5, 5.41) is 8.77. The van der Waals surface area contributed by atoms with Crippen molar-refractivity contribution in [3.63, 3.8) is 0 Å². The summed E-state index contributed by atoms with van der Waals surface area (Å²) in [4.78, 5) is 32.2. The summed E-state index contributed by atoms with van der Waals surface area (Å²) in [6.07, 6.45) is 5.44. The van der Waals surface area contributed by atoms with Gasteiger partial charge in [-0.15, -0.1) is 0 Å². The molecule has 2 heterocycles. The van der Waals surface area contributed by atoms with Gasteiger partial charge < -0.3 is 10.0 Å². The van der Waals surface area contributed by atoms with Crippen molar-refractivity contribution < 1.29 is 14.7 Å². The van der Waals surface area contributed by atoms with Gasteiger partial charge in [-0.1, -0.05) is 0 Å². The Hall–Kier alpha value is -2.76. The summed E-state index contributed by atoms with van der Waals surface area (Å²) in [5.41, 5.74) is 1.40. The summed E-state index contributed by atoms with van der Waals surface area (Å²) < 4.78 is 0. The van der Waals surface area contributed by atoms with Gasteiger partial charge in [-0.25, -0.2) is 9.78 Å². The minimum Gasteiger partial charge on any atom is -0.477 e. The van der Waals surface area contributed by atoms with Gasteiger partial charge in [0.25, 0.3) is 5.91 Å². The van der Waals surface area contributed by atoms with Crippen LogP contribution in [0.3, 0.4) is 0 Å². The maximum atomic E-state index is 12.2. The lowest BCUT2D eigenvalue weighted by molar-refractivity contribution is 0.0688. The smallest absolute Gasteiger partial charge is 0.354 e. The lowest BCUT2D eigenvalue weighted by Gasteiger charge is -2.17.